The van der Waals surface area contributed by atoms with E-state index >= 15 is 0 Å². The van der Waals surface area contributed by atoms with E-state index in [-0.39, 0.29) is 18.3 Å². The molecule has 0 spiro atoms. The average molecular weight is 451 g/mol. The van der Waals surface area contributed by atoms with Crippen molar-refractivity contribution in [2.24, 2.45) is 0 Å². The molecule has 1 heterocycles. The van der Waals surface area contributed by atoms with Gasteiger partial charge in [-0.2, -0.15) is 0 Å². The number of hydrogen-bond acceptors (Lipinski definition) is 5. The molecule has 29 heavy (non-hydrogen) atoms. The van der Waals surface area contributed by atoms with Gasteiger partial charge in [-0.1, -0.05) is 60.9 Å². The molecule has 2 N–H and O–H groups in total. The second-order valence-electron chi connectivity index (χ2n) is 6.54. The van der Waals surface area contributed by atoms with Crippen LogP contribution in [-0.4, -0.2) is 26.8 Å². The molecule has 0 atom stereocenters. The van der Waals surface area contributed by atoms with Gasteiger partial charge in [-0.3, -0.25) is 9.89 Å². The van der Waals surface area contributed by atoms with Crippen LogP contribution in [0.3, 0.4) is 0 Å². The Bertz CT molecular complexity index is 977. The van der Waals surface area contributed by atoms with Gasteiger partial charge in [0.2, 0.25) is 11.1 Å². The molecule has 0 aliphatic heterocycles. The van der Waals surface area contributed by atoms with Crippen molar-refractivity contribution >= 4 is 46.6 Å². The zero-order valence-electron chi connectivity index (χ0n) is 15.9. The average Bonchev–Trinajstić information content (AvgIpc) is 3.16. The predicted octanol–water partition coefficient (Wildman–Crippen LogP) is 5.54. The standard InChI is InChI=1S/C20H20Cl2N4O2S/c1-12(2)13-3-6-15(7-4-13)28-10-18-24-20(26-25-18)29-11-19(27)23-17-9-14(21)5-8-16(17)22/h3-9,12H,10-11H2,1-2H3,(H,23,27)(H,24,25,26). The first-order valence-electron chi connectivity index (χ1n) is 8.92. The lowest BCUT2D eigenvalue weighted by Gasteiger charge is -2.07. The Kier molecular flexibility index (Phi) is 7.41. The van der Waals surface area contributed by atoms with Gasteiger partial charge in [-0.15, -0.1) is 5.10 Å². The molecule has 0 bridgehead atoms. The Morgan fingerprint density at radius 1 is 1.21 bits per heavy atom. The summed E-state index contributed by atoms with van der Waals surface area (Å²) in [5.41, 5.74) is 1.73. The summed E-state index contributed by atoms with van der Waals surface area (Å²) in [4.78, 5) is 16.4. The summed E-state index contributed by atoms with van der Waals surface area (Å²) in [7, 11) is 0. The Morgan fingerprint density at radius 2 is 1.97 bits per heavy atom. The van der Waals surface area contributed by atoms with Gasteiger partial charge in [0.05, 0.1) is 16.5 Å². The van der Waals surface area contributed by atoms with Gasteiger partial charge >= 0.3 is 0 Å². The van der Waals surface area contributed by atoms with Crippen LogP contribution in [0.1, 0.15) is 31.2 Å². The zero-order valence-corrected chi connectivity index (χ0v) is 18.2. The quantitative estimate of drug-likeness (QED) is 0.440. The lowest BCUT2D eigenvalue weighted by atomic mass is 10.0. The molecule has 3 aromatic rings. The second-order valence-corrected chi connectivity index (χ2v) is 8.32. The van der Waals surface area contributed by atoms with Crippen molar-refractivity contribution in [2.45, 2.75) is 31.5 Å². The van der Waals surface area contributed by atoms with E-state index in [0.717, 1.165) is 5.75 Å². The topological polar surface area (TPSA) is 79.9 Å². The minimum Gasteiger partial charge on any atom is -0.486 e. The number of aromatic nitrogens is 3. The summed E-state index contributed by atoms with van der Waals surface area (Å²) < 4.78 is 5.72. The molecule has 1 amide bonds. The van der Waals surface area contributed by atoms with E-state index in [0.29, 0.717) is 32.6 Å². The van der Waals surface area contributed by atoms with Gasteiger partial charge in [0, 0.05) is 5.02 Å². The maximum absolute atomic E-state index is 12.1. The molecule has 0 saturated heterocycles. The molecule has 1 aromatic heterocycles. The number of rotatable bonds is 8. The monoisotopic (exact) mass is 450 g/mol. The number of aromatic amines is 1. The van der Waals surface area contributed by atoms with Crippen LogP contribution in [0, 0.1) is 0 Å². The Labute approximate surface area is 183 Å². The van der Waals surface area contributed by atoms with Crippen molar-refractivity contribution in [3.05, 3.63) is 63.9 Å². The zero-order chi connectivity index (χ0) is 20.8. The van der Waals surface area contributed by atoms with Gasteiger partial charge in [-0.25, -0.2) is 4.98 Å². The highest BCUT2D eigenvalue weighted by Crippen LogP contribution is 2.26. The van der Waals surface area contributed by atoms with Gasteiger partial charge in [-0.05, 0) is 41.8 Å². The largest absolute Gasteiger partial charge is 0.486 e. The van der Waals surface area contributed by atoms with Crippen LogP contribution in [0.5, 0.6) is 5.75 Å². The number of carbonyl (C=O) groups is 1. The third-order valence-electron chi connectivity index (χ3n) is 3.97. The minimum absolute atomic E-state index is 0.137. The van der Waals surface area contributed by atoms with Gasteiger partial charge in [0.1, 0.15) is 12.4 Å². The number of thioether (sulfide) groups is 1. The van der Waals surface area contributed by atoms with E-state index in [2.05, 4.69) is 34.3 Å². The van der Waals surface area contributed by atoms with Crippen LogP contribution in [0.15, 0.2) is 47.6 Å². The maximum Gasteiger partial charge on any atom is 0.234 e. The normalized spacial score (nSPS) is 10.9. The highest BCUT2D eigenvalue weighted by molar-refractivity contribution is 7.99. The molecule has 0 aliphatic carbocycles. The Hall–Kier alpha value is -2.22. The molecule has 152 valence electrons. The fourth-order valence-corrected chi connectivity index (χ4v) is 3.37. The van der Waals surface area contributed by atoms with E-state index < -0.39 is 0 Å². The molecule has 0 unspecified atom stereocenters. The van der Waals surface area contributed by atoms with Crippen LogP contribution in [-0.2, 0) is 11.4 Å². The van der Waals surface area contributed by atoms with Crippen LogP contribution in [0.25, 0.3) is 0 Å². The van der Waals surface area contributed by atoms with E-state index in [9.17, 15) is 4.79 Å². The molecule has 3 rings (SSSR count). The highest BCUT2D eigenvalue weighted by atomic mass is 35.5. The number of ether oxygens (including phenoxy) is 1. The first kappa shape index (κ1) is 21.5. The molecule has 0 aliphatic rings. The van der Waals surface area contributed by atoms with E-state index in [1.165, 1.54) is 17.3 Å². The smallest absolute Gasteiger partial charge is 0.234 e. The number of amides is 1. The number of nitrogens with zero attached hydrogens (tertiary/aromatic N) is 2. The molecule has 0 saturated carbocycles. The molecular weight excluding hydrogens is 431 g/mol. The van der Waals surface area contributed by atoms with E-state index in [1.807, 2.05) is 24.3 Å². The van der Waals surface area contributed by atoms with Crippen molar-refractivity contribution in [2.75, 3.05) is 11.1 Å². The van der Waals surface area contributed by atoms with Crippen LogP contribution < -0.4 is 10.1 Å². The SMILES string of the molecule is CC(C)c1ccc(OCc2nc(SCC(=O)Nc3cc(Cl)ccc3Cl)n[nH]2)cc1. The van der Waals surface area contributed by atoms with E-state index in [4.69, 9.17) is 27.9 Å². The number of H-pyrrole nitrogens is 1. The van der Waals surface area contributed by atoms with Crippen LogP contribution in [0.2, 0.25) is 10.0 Å². The number of nitrogens with one attached hydrogen (secondary N) is 2. The van der Waals surface area contributed by atoms with E-state index in [1.54, 1.807) is 18.2 Å². The first-order valence-corrected chi connectivity index (χ1v) is 10.7. The molecule has 9 heteroatoms. The number of anilines is 1. The third kappa shape index (κ3) is 6.39. The van der Waals surface area contributed by atoms with Gasteiger partial charge in [0.25, 0.3) is 0 Å². The Balaban J connectivity index is 1.47. The summed E-state index contributed by atoms with van der Waals surface area (Å²) in [6.07, 6.45) is 0. The molecule has 0 radical (unpaired) electrons. The van der Waals surface area contributed by atoms with Crippen LogP contribution >= 0.6 is 35.0 Å². The molecule has 0 fully saturated rings. The Morgan fingerprint density at radius 3 is 2.69 bits per heavy atom. The van der Waals surface area contributed by atoms with Gasteiger partial charge < -0.3 is 10.1 Å². The number of halogens is 2. The van der Waals surface area contributed by atoms with Crippen molar-refractivity contribution in [1.29, 1.82) is 0 Å². The summed E-state index contributed by atoms with van der Waals surface area (Å²) in [6.45, 7) is 4.56. The summed E-state index contributed by atoms with van der Waals surface area (Å²) in [5.74, 6) is 1.73. The summed E-state index contributed by atoms with van der Waals surface area (Å²) in [5, 5.41) is 11.0. The number of benzene rings is 2. The lowest BCUT2D eigenvalue weighted by molar-refractivity contribution is -0.113. The summed E-state index contributed by atoms with van der Waals surface area (Å²) in [6, 6.07) is 12.9. The summed E-state index contributed by atoms with van der Waals surface area (Å²) >= 11 is 13.2. The molecule has 6 nitrogen and oxygen atoms in total. The lowest BCUT2D eigenvalue weighted by Crippen LogP contribution is -2.14. The fourth-order valence-electron chi connectivity index (χ4n) is 2.42. The predicted molar refractivity (Wildman–Crippen MR) is 117 cm³/mol. The number of carbonyl (C=O) groups excluding carboxylic acids is 1. The van der Waals surface area contributed by atoms with Crippen molar-refractivity contribution < 1.29 is 9.53 Å². The maximum atomic E-state index is 12.1. The molecular formula is C20H20Cl2N4O2S. The van der Waals surface area contributed by atoms with Crippen molar-refractivity contribution in [3.63, 3.8) is 0 Å². The first-order chi connectivity index (χ1) is 13.9. The number of hydrogen-bond donors (Lipinski definition) is 2. The third-order valence-corrected chi connectivity index (χ3v) is 5.38. The fraction of sp³-hybridized carbons (Fsp3) is 0.250. The minimum atomic E-state index is -0.230. The van der Waals surface area contributed by atoms with Gasteiger partial charge in [0.15, 0.2) is 5.82 Å². The van der Waals surface area contributed by atoms with Crippen LogP contribution in [0.4, 0.5) is 5.69 Å². The highest BCUT2D eigenvalue weighted by Gasteiger charge is 2.10. The van der Waals surface area contributed by atoms with Crippen molar-refractivity contribution in [1.82, 2.24) is 15.2 Å². The second kappa shape index (κ2) is 10.0. The van der Waals surface area contributed by atoms with Crippen molar-refractivity contribution in [3.8, 4) is 5.75 Å². The molecule has 2 aromatic carbocycles.